The van der Waals surface area contributed by atoms with E-state index >= 15 is 0 Å². The van der Waals surface area contributed by atoms with E-state index in [-0.39, 0.29) is 5.91 Å². The number of carbonyl (C=O) groups excluding carboxylic acids is 2. The molecule has 0 unspecified atom stereocenters. The van der Waals surface area contributed by atoms with Crippen LogP contribution >= 0.6 is 0 Å². The van der Waals surface area contributed by atoms with Crippen LogP contribution in [0, 0.1) is 0 Å². The van der Waals surface area contributed by atoms with E-state index in [2.05, 4.69) is 10.1 Å². The van der Waals surface area contributed by atoms with Crippen molar-refractivity contribution >= 4 is 17.6 Å². The van der Waals surface area contributed by atoms with Gasteiger partial charge in [0.05, 0.1) is 12.7 Å². The van der Waals surface area contributed by atoms with Crippen molar-refractivity contribution in [1.82, 2.24) is 0 Å². The van der Waals surface area contributed by atoms with E-state index in [4.69, 9.17) is 5.73 Å². The van der Waals surface area contributed by atoms with Gasteiger partial charge in [-0.3, -0.25) is 4.79 Å². The number of nitrogens with two attached hydrogens (primary N) is 1. The minimum atomic E-state index is -0.744. The highest BCUT2D eigenvalue weighted by atomic mass is 16.5. The molecule has 0 saturated heterocycles. The highest BCUT2D eigenvalue weighted by molar-refractivity contribution is 5.96. The molecule has 2 aromatic rings. The first-order chi connectivity index (χ1) is 10.1. The molecule has 0 saturated carbocycles. The summed E-state index contributed by atoms with van der Waals surface area (Å²) in [5.74, 6) is -0.735. The quantitative estimate of drug-likeness (QED) is 0.842. The molecule has 108 valence electrons. The van der Waals surface area contributed by atoms with Crippen LogP contribution in [0.4, 0.5) is 5.69 Å². The number of rotatable bonds is 4. The lowest BCUT2D eigenvalue weighted by atomic mass is 10.1. The van der Waals surface area contributed by atoms with E-state index in [1.165, 1.54) is 7.11 Å². The lowest BCUT2D eigenvalue weighted by Gasteiger charge is -2.12. The number of ether oxygens (including phenoxy) is 1. The summed E-state index contributed by atoms with van der Waals surface area (Å²) >= 11 is 0. The monoisotopic (exact) mass is 284 g/mol. The summed E-state index contributed by atoms with van der Waals surface area (Å²) in [6.45, 7) is 0. The van der Waals surface area contributed by atoms with Crippen molar-refractivity contribution in [3.05, 3.63) is 65.7 Å². The maximum atomic E-state index is 12.1. The van der Waals surface area contributed by atoms with Crippen molar-refractivity contribution in [2.75, 3.05) is 12.4 Å². The smallest absolute Gasteiger partial charge is 0.337 e. The van der Waals surface area contributed by atoms with Crippen molar-refractivity contribution in [1.29, 1.82) is 0 Å². The van der Waals surface area contributed by atoms with E-state index in [0.717, 1.165) is 5.56 Å². The Hall–Kier alpha value is -2.66. The van der Waals surface area contributed by atoms with Gasteiger partial charge in [-0.15, -0.1) is 0 Å². The zero-order chi connectivity index (χ0) is 15.2. The standard InChI is InChI=1S/C16H16N2O3/c1-21-16(20)12-7-9-13(10-8-12)18-15(19)14(17)11-5-3-2-4-6-11/h2-10,14H,17H2,1H3,(H,18,19)/t14-/m0/s1. The molecule has 0 heterocycles. The Morgan fingerprint density at radius 1 is 1.05 bits per heavy atom. The molecule has 0 spiro atoms. The number of nitrogens with one attached hydrogen (secondary N) is 1. The lowest BCUT2D eigenvalue weighted by molar-refractivity contribution is -0.117. The molecule has 0 fully saturated rings. The second-order valence-electron chi connectivity index (χ2n) is 4.45. The molecule has 0 bridgehead atoms. The summed E-state index contributed by atoms with van der Waals surface area (Å²) in [6.07, 6.45) is 0. The number of methoxy groups -OCH3 is 1. The van der Waals surface area contributed by atoms with Crippen LogP contribution < -0.4 is 11.1 Å². The predicted molar refractivity (Wildman–Crippen MR) is 79.8 cm³/mol. The van der Waals surface area contributed by atoms with Gasteiger partial charge in [0.15, 0.2) is 0 Å². The van der Waals surface area contributed by atoms with Gasteiger partial charge in [0, 0.05) is 5.69 Å². The van der Waals surface area contributed by atoms with Gasteiger partial charge in [0.1, 0.15) is 6.04 Å². The number of carbonyl (C=O) groups is 2. The highest BCUT2D eigenvalue weighted by Crippen LogP contribution is 2.15. The second-order valence-corrected chi connectivity index (χ2v) is 4.45. The van der Waals surface area contributed by atoms with Crippen LogP contribution in [0.1, 0.15) is 22.0 Å². The fraction of sp³-hybridized carbons (Fsp3) is 0.125. The molecule has 3 N–H and O–H groups in total. The number of anilines is 1. The van der Waals surface area contributed by atoms with Gasteiger partial charge in [-0.1, -0.05) is 30.3 Å². The van der Waals surface area contributed by atoms with Gasteiger partial charge in [-0.2, -0.15) is 0 Å². The number of esters is 1. The molecular weight excluding hydrogens is 268 g/mol. The minimum absolute atomic E-state index is 0.313. The molecule has 0 aliphatic carbocycles. The molecule has 2 rings (SSSR count). The number of hydrogen-bond donors (Lipinski definition) is 2. The molecular formula is C16H16N2O3. The normalized spacial score (nSPS) is 11.5. The Morgan fingerprint density at radius 2 is 1.67 bits per heavy atom. The topological polar surface area (TPSA) is 81.4 Å². The average Bonchev–Trinajstić information content (AvgIpc) is 2.55. The zero-order valence-electron chi connectivity index (χ0n) is 11.6. The molecule has 0 radical (unpaired) electrons. The van der Waals surface area contributed by atoms with Crippen LogP contribution in [-0.4, -0.2) is 19.0 Å². The summed E-state index contributed by atoms with van der Waals surface area (Å²) in [5.41, 5.74) is 7.62. The van der Waals surface area contributed by atoms with Crippen molar-refractivity contribution < 1.29 is 14.3 Å². The van der Waals surface area contributed by atoms with Crippen LogP contribution in [0.5, 0.6) is 0 Å². The van der Waals surface area contributed by atoms with E-state index in [1.54, 1.807) is 36.4 Å². The number of benzene rings is 2. The third kappa shape index (κ3) is 3.67. The Bertz CT molecular complexity index is 624. The summed E-state index contributed by atoms with van der Waals surface area (Å²) in [5, 5.41) is 2.71. The largest absolute Gasteiger partial charge is 0.465 e. The van der Waals surface area contributed by atoms with Gasteiger partial charge < -0.3 is 15.8 Å². The number of amides is 1. The van der Waals surface area contributed by atoms with Crippen molar-refractivity contribution in [3.63, 3.8) is 0 Å². The molecule has 1 atom stereocenters. The average molecular weight is 284 g/mol. The maximum absolute atomic E-state index is 12.1. The SMILES string of the molecule is COC(=O)c1ccc(NC(=O)[C@@H](N)c2ccccc2)cc1. The summed E-state index contributed by atoms with van der Waals surface area (Å²) in [6, 6.07) is 14.8. The molecule has 5 nitrogen and oxygen atoms in total. The Balaban J connectivity index is 2.04. The third-order valence-electron chi connectivity index (χ3n) is 3.01. The second kappa shape index (κ2) is 6.67. The fourth-order valence-electron chi connectivity index (χ4n) is 1.84. The molecule has 0 aliphatic rings. The molecule has 21 heavy (non-hydrogen) atoms. The summed E-state index contributed by atoms with van der Waals surface area (Å²) in [4.78, 5) is 23.4. The lowest BCUT2D eigenvalue weighted by Crippen LogP contribution is -2.27. The number of hydrogen-bond acceptors (Lipinski definition) is 4. The van der Waals surface area contributed by atoms with Gasteiger partial charge in [-0.25, -0.2) is 4.79 Å². The first-order valence-corrected chi connectivity index (χ1v) is 6.41. The molecule has 5 heteroatoms. The van der Waals surface area contributed by atoms with Crippen LogP contribution in [-0.2, 0) is 9.53 Å². The van der Waals surface area contributed by atoms with Crippen molar-refractivity contribution in [2.45, 2.75) is 6.04 Å². The Morgan fingerprint density at radius 3 is 2.24 bits per heavy atom. The predicted octanol–water partition coefficient (Wildman–Crippen LogP) is 2.11. The van der Waals surface area contributed by atoms with Gasteiger partial charge in [-0.05, 0) is 29.8 Å². The molecule has 0 aliphatic heterocycles. The van der Waals surface area contributed by atoms with Crippen LogP contribution in [0.25, 0.3) is 0 Å². The first kappa shape index (κ1) is 14.7. The van der Waals surface area contributed by atoms with E-state index in [1.807, 2.05) is 18.2 Å². The molecule has 2 aromatic carbocycles. The van der Waals surface area contributed by atoms with E-state index < -0.39 is 12.0 Å². The third-order valence-corrected chi connectivity index (χ3v) is 3.01. The highest BCUT2D eigenvalue weighted by Gasteiger charge is 2.15. The van der Waals surface area contributed by atoms with Crippen LogP contribution in [0.15, 0.2) is 54.6 Å². The first-order valence-electron chi connectivity index (χ1n) is 6.41. The van der Waals surface area contributed by atoms with E-state index in [9.17, 15) is 9.59 Å². The van der Waals surface area contributed by atoms with Crippen molar-refractivity contribution in [2.24, 2.45) is 5.73 Å². The fourth-order valence-corrected chi connectivity index (χ4v) is 1.84. The van der Waals surface area contributed by atoms with Gasteiger partial charge in [0.2, 0.25) is 5.91 Å². The zero-order valence-corrected chi connectivity index (χ0v) is 11.6. The molecule has 0 aromatic heterocycles. The van der Waals surface area contributed by atoms with Crippen molar-refractivity contribution in [3.8, 4) is 0 Å². The minimum Gasteiger partial charge on any atom is -0.465 e. The Labute approximate surface area is 122 Å². The molecule has 1 amide bonds. The van der Waals surface area contributed by atoms with E-state index in [0.29, 0.717) is 11.3 Å². The summed E-state index contributed by atoms with van der Waals surface area (Å²) < 4.78 is 4.61. The Kier molecular flexibility index (Phi) is 4.68. The van der Waals surface area contributed by atoms with Crippen LogP contribution in [0.3, 0.4) is 0 Å². The maximum Gasteiger partial charge on any atom is 0.337 e. The van der Waals surface area contributed by atoms with Crippen LogP contribution in [0.2, 0.25) is 0 Å². The van der Waals surface area contributed by atoms with Gasteiger partial charge >= 0.3 is 5.97 Å². The summed E-state index contributed by atoms with van der Waals surface area (Å²) in [7, 11) is 1.32. The van der Waals surface area contributed by atoms with Gasteiger partial charge in [0.25, 0.3) is 0 Å².